The van der Waals surface area contributed by atoms with Gasteiger partial charge in [-0.1, -0.05) is 0 Å². The lowest BCUT2D eigenvalue weighted by molar-refractivity contribution is 0.698. The predicted molar refractivity (Wildman–Crippen MR) is 58.1 cm³/mol. The molecule has 0 aliphatic carbocycles. The van der Waals surface area contributed by atoms with Crippen molar-refractivity contribution in [1.82, 2.24) is 14.9 Å². The monoisotopic (exact) mass is 207 g/mol. The van der Waals surface area contributed by atoms with Gasteiger partial charge in [0.1, 0.15) is 0 Å². The van der Waals surface area contributed by atoms with E-state index in [0.717, 1.165) is 13.1 Å². The molecule has 2 heterocycles. The number of hydrogen-bond donors (Lipinski definition) is 1. The quantitative estimate of drug-likeness (QED) is 0.828. The van der Waals surface area contributed by atoms with Crippen molar-refractivity contribution < 1.29 is 0 Å². The van der Waals surface area contributed by atoms with Gasteiger partial charge in [0.25, 0.3) is 0 Å². The summed E-state index contributed by atoms with van der Waals surface area (Å²) in [5.41, 5.74) is 3.18. The lowest BCUT2D eigenvalue weighted by Crippen LogP contribution is -2.11. The molecule has 0 amide bonds. The predicted octanol–water partition coefficient (Wildman–Crippen LogP) is 1.77. The van der Waals surface area contributed by atoms with Gasteiger partial charge in [0.2, 0.25) is 0 Å². The fourth-order valence-electron chi connectivity index (χ4n) is 1.32. The van der Waals surface area contributed by atoms with Gasteiger partial charge in [0.15, 0.2) is 0 Å². The minimum absolute atomic E-state index is 0.902. The number of rotatable bonds is 4. The molecule has 0 saturated heterocycles. The summed E-state index contributed by atoms with van der Waals surface area (Å²) in [5.74, 6) is 0. The largest absolute Gasteiger partial charge is 0.357 e. The van der Waals surface area contributed by atoms with Crippen molar-refractivity contribution in [3.63, 3.8) is 0 Å². The van der Waals surface area contributed by atoms with Crippen LogP contribution in [-0.2, 0) is 20.1 Å². The summed E-state index contributed by atoms with van der Waals surface area (Å²) >= 11 is 1.68. The van der Waals surface area contributed by atoms with E-state index in [2.05, 4.69) is 33.3 Å². The van der Waals surface area contributed by atoms with Crippen LogP contribution < -0.4 is 5.32 Å². The summed E-state index contributed by atoms with van der Waals surface area (Å²) in [7, 11) is 2.03. The number of aryl methyl sites for hydroxylation is 1. The van der Waals surface area contributed by atoms with Gasteiger partial charge < -0.3 is 9.88 Å². The molecule has 0 atom stereocenters. The van der Waals surface area contributed by atoms with E-state index in [4.69, 9.17) is 0 Å². The Kier molecular flexibility index (Phi) is 2.96. The molecule has 0 bridgehead atoms. The summed E-state index contributed by atoms with van der Waals surface area (Å²) < 4.78 is 2.06. The number of hydrogen-bond acceptors (Lipinski definition) is 3. The summed E-state index contributed by atoms with van der Waals surface area (Å²) in [6, 6.07) is 2.12. The van der Waals surface area contributed by atoms with E-state index < -0.39 is 0 Å². The first kappa shape index (κ1) is 9.43. The van der Waals surface area contributed by atoms with Gasteiger partial charge in [-0.2, -0.15) is 0 Å². The normalized spacial score (nSPS) is 10.6. The highest BCUT2D eigenvalue weighted by Crippen LogP contribution is 2.05. The fourth-order valence-corrected chi connectivity index (χ4v) is 1.89. The highest BCUT2D eigenvalue weighted by Gasteiger charge is 1.96. The Bertz CT molecular complexity index is 378. The molecule has 2 aromatic heterocycles. The van der Waals surface area contributed by atoms with E-state index in [1.807, 2.05) is 18.8 Å². The summed E-state index contributed by atoms with van der Waals surface area (Å²) in [6.45, 7) is 1.82. The molecule has 0 aliphatic heterocycles. The Morgan fingerprint density at radius 3 is 3.07 bits per heavy atom. The van der Waals surface area contributed by atoms with Crippen molar-refractivity contribution in [2.45, 2.75) is 13.1 Å². The number of nitrogens with zero attached hydrogens (tertiary/aromatic N) is 2. The minimum Gasteiger partial charge on any atom is -0.357 e. The van der Waals surface area contributed by atoms with Crippen molar-refractivity contribution in [2.24, 2.45) is 7.05 Å². The minimum atomic E-state index is 0.902. The molecule has 14 heavy (non-hydrogen) atoms. The second-order valence-corrected chi connectivity index (χ2v) is 4.23. The first-order valence-corrected chi connectivity index (χ1v) is 5.41. The zero-order valence-electron chi connectivity index (χ0n) is 8.10. The highest BCUT2D eigenvalue weighted by molar-refractivity contribution is 7.09. The fraction of sp³-hybridized carbons (Fsp3) is 0.300. The second kappa shape index (κ2) is 4.39. The third kappa shape index (κ3) is 2.43. The SMILES string of the molecule is Cn1ccc(CNCc2cncs2)c1. The van der Waals surface area contributed by atoms with Crippen LogP contribution in [0.25, 0.3) is 0 Å². The molecule has 0 aliphatic rings. The standard InChI is InChI=1S/C10H13N3S/c1-13-3-2-9(7-13)4-11-5-10-6-12-8-14-10/h2-3,6-8,11H,4-5H2,1H3. The second-order valence-electron chi connectivity index (χ2n) is 3.26. The lowest BCUT2D eigenvalue weighted by atomic mass is 10.3. The summed E-state index contributed by atoms with van der Waals surface area (Å²) in [5, 5.41) is 3.37. The lowest BCUT2D eigenvalue weighted by Gasteiger charge is -1.99. The zero-order valence-corrected chi connectivity index (χ0v) is 8.92. The molecule has 4 heteroatoms. The molecule has 0 aromatic carbocycles. The van der Waals surface area contributed by atoms with Crippen LogP contribution in [0, 0.1) is 0 Å². The summed E-state index contributed by atoms with van der Waals surface area (Å²) in [4.78, 5) is 5.30. The smallest absolute Gasteiger partial charge is 0.0794 e. The van der Waals surface area contributed by atoms with E-state index in [-0.39, 0.29) is 0 Å². The van der Waals surface area contributed by atoms with Crippen LogP contribution in [0.1, 0.15) is 10.4 Å². The van der Waals surface area contributed by atoms with Crippen molar-refractivity contribution in [2.75, 3.05) is 0 Å². The van der Waals surface area contributed by atoms with Crippen LogP contribution in [0.5, 0.6) is 0 Å². The molecule has 0 spiro atoms. The van der Waals surface area contributed by atoms with E-state index in [1.54, 1.807) is 11.3 Å². The Morgan fingerprint density at radius 1 is 1.50 bits per heavy atom. The Morgan fingerprint density at radius 2 is 2.43 bits per heavy atom. The van der Waals surface area contributed by atoms with E-state index in [9.17, 15) is 0 Å². The molecule has 0 radical (unpaired) electrons. The number of thiazole rings is 1. The van der Waals surface area contributed by atoms with Crippen LogP contribution in [0.4, 0.5) is 0 Å². The maximum atomic E-state index is 4.03. The maximum absolute atomic E-state index is 4.03. The van der Waals surface area contributed by atoms with Crippen molar-refractivity contribution >= 4 is 11.3 Å². The average Bonchev–Trinajstić information content (AvgIpc) is 2.77. The Hall–Kier alpha value is -1.13. The first-order valence-electron chi connectivity index (χ1n) is 4.53. The molecule has 0 unspecified atom stereocenters. The van der Waals surface area contributed by atoms with Gasteiger partial charge in [-0.3, -0.25) is 4.98 Å². The number of nitrogens with one attached hydrogen (secondary N) is 1. The topological polar surface area (TPSA) is 29.9 Å². The van der Waals surface area contributed by atoms with E-state index in [1.165, 1.54) is 10.4 Å². The van der Waals surface area contributed by atoms with Gasteiger partial charge in [0, 0.05) is 43.6 Å². The third-order valence-electron chi connectivity index (χ3n) is 2.01. The molecule has 0 saturated carbocycles. The van der Waals surface area contributed by atoms with Crippen LogP contribution >= 0.6 is 11.3 Å². The first-order chi connectivity index (χ1) is 6.84. The van der Waals surface area contributed by atoms with Crippen molar-refractivity contribution in [3.05, 3.63) is 40.6 Å². The summed E-state index contributed by atoms with van der Waals surface area (Å²) in [6.07, 6.45) is 6.09. The molecule has 2 rings (SSSR count). The molecule has 0 fully saturated rings. The molecular formula is C10H13N3S. The molecule has 1 N–H and O–H groups in total. The van der Waals surface area contributed by atoms with Crippen molar-refractivity contribution in [1.29, 1.82) is 0 Å². The molecule has 2 aromatic rings. The van der Waals surface area contributed by atoms with E-state index >= 15 is 0 Å². The van der Waals surface area contributed by atoms with Gasteiger partial charge in [0.05, 0.1) is 5.51 Å². The average molecular weight is 207 g/mol. The zero-order chi connectivity index (χ0) is 9.80. The molecular weight excluding hydrogens is 194 g/mol. The van der Waals surface area contributed by atoms with Crippen LogP contribution in [0.3, 0.4) is 0 Å². The van der Waals surface area contributed by atoms with Gasteiger partial charge >= 0.3 is 0 Å². The maximum Gasteiger partial charge on any atom is 0.0794 e. The van der Waals surface area contributed by atoms with Gasteiger partial charge in [-0.25, -0.2) is 0 Å². The third-order valence-corrected chi connectivity index (χ3v) is 2.78. The number of aromatic nitrogens is 2. The van der Waals surface area contributed by atoms with Gasteiger partial charge in [-0.05, 0) is 11.6 Å². The Balaban J connectivity index is 1.78. The van der Waals surface area contributed by atoms with E-state index in [0.29, 0.717) is 0 Å². The van der Waals surface area contributed by atoms with Crippen molar-refractivity contribution in [3.8, 4) is 0 Å². The Labute approximate surface area is 87.4 Å². The van der Waals surface area contributed by atoms with Crippen LogP contribution in [0.2, 0.25) is 0 Å². The highest BCUT2D eigenvalue weighted by atomic mass is 32.1. The molecule has 3 nitrogen and oxygen atoms in total. The van der Waals surface area contributed by atoms with Crippen LogP contribution in [0.15, 0.2) is 30.2 Å². The van der Waals surface area contributed by atoms with Crippen LogP contribution in [-0.4, -0.2) is 9.55 Å². The molecule has 74 valence electrons. The van der Waals surface area contributed by atoms with Gasteiger partial charge in [-0.15, -0.1) is 11.3 Å².